The Morgan fingerprint density at radius 1 is 0.962 bits per heavy atom. The fraction of sp³-hybridized carbons (Fsp3) is 0.300. The van der Waals surface area contributed by atoms with E-state index in [-0.39, 0.29) is 19.0 Å². The van der Waals surface area contributed by atoms with Crippen LogP contribution in [0.5, 0.6) is 17.2 Å². The van der Waals surface area contributed by atoms with Crippen molar-refractivity contribution in [2.45, 2.75) is 20.5 Å². The lowest BCUT2D eigenvalue weighted by Gasteiger charge is -2.13. The lowest BCUT2D eigenvalue weighted by Crippen LogP contribution is -2.15. The predicted molar refractivity (Wildman–Crippen MR) is 96.0 cm³/mol. The number of hydrogen-bond donors (Lipinski definition) is 0. The molecule has 0 saturated heterocycles. The Balaban J connectivity index is 1.89. The Morgan fingerprint density at radius 2 is 1.58 bits per heavy atom. The molecule has 0 radical (unpaired) electrons. The maximum Gasteiger partial charge on any atom is 0.344 e. The molecule has 2 rings (SSSR count). The molecule has 0 heterocycles. The number of ketones is 1. The van der Waals surface area contributed by atoms with Crippen molar-refractivity contribution in [1.29, 1.82) is 0 Å². The average molecular weight is 358 g/mol. The summed E-state index contributed by atoms with van der Waals surface area (Å²) in [6.07, 6.45) is 0. The Morgan fingerprint density at radius 3 is 2.15 bits per heavy atom. The zero-order chi connectivity index (χ0) is 19.1. The smallest absolute Gasteiger partial charge is 0.344 e. The summed E-state index contributed by atoms with van der Waals surface area (Å²) in [4.78, 5) is 23.1. The molecule has 0 amide bonds. The van der Waals surface area contributed by atoms with Gasteiger partial charge in [0.2, 0.25) is 0 Å². The summed E-state index contributed by atoms with van der Waals surface area (Å²) in [6.45, 7) is 3.28. The van der Waals surface area contributed by atoms with E-state index >= 15 is 0 Å². The van der Waals surface area contributed by atoms with Crippen LogP contribution in [0.3, 0.4) is 0 Å². The zero-order valence-corrected chi connectivity index (χ0v) is 15.3. The van der Waals surface area contributed by atoms with E-state index in [1.54, 1.807) is 44.6 Å². The fourth-order valence-corrected chi connectivity index (χ4v) is 2.31. The standard InChI is InChI=1S/C20H22O6/c1-13-9-18(23-3)19(24-4)10-16(13)11-26-20(22)12-25-17-7-5-15(6-8-17)14(2)21/h5-10H,11-12H2,1-4H3. The Kier molecular flexibility index (Phi) is 6.60. The summed E-state index contributed by atoms with van der Waals surface area (Å²) in [5, 5.41) is 0. The van der Waals surface area contributed by atoms with E-state index in [4.69, 9.17) is 18.9 Å². The summed E-state index contributed by atoms with van der Waals surface area (Å²) in [5.74, 6) is 1.17. The van der Waals surface area contributed by atoms with Gasteiger partial charge in [0, 0.05) is 5.56 Å². The van der Waals surface area contributed by atoms with Crippen molar-refractivity contribution in [3.63, 3.8) is 0 Å². The van der Waals surface area contributed by atoms with Crippen LogP contribution < -0.4 is 14.2 Å². The fourth-order valence-electron chi connectivity index (χ4n) is 2.31. The first-order chi connectivity index (χ1) is 12.4. The van der Waals surface area contributed by atoms with Gasteiger partial charge in [0.25, 0.3) is 0 Å². The van der Waals surface area contributed by atoms with Crippen molar-refractivity contribution in [2.75, 3.05) is 20.8 Å². The van der Waals surface area contributed by atoms with Crippen LogP contribution in [-0.2, 0) is 16.1 Å². The van der Waals surface area contributed by atoms with Crippen LogP contribution in [-0.4, -0.2) is 32.6 Å². The number of hydrogen-bond acceptors (Lipinski definition) is 6. The molecular weight excluding hydrogens is 336 g/mol. The molecule has 0 aromatic heterocycles. The van der Waals surface area contributed by atoms with Crippen LogP contribution in [0.15, 0.2) is 36.4 Å². The van der Waals surface area contributed by atoms with Crippen molar-refractivity contribution in [1.82, 2.24) is 0 Å². The molecule has 0 atom stereocenters. The number of benzene rings is 2. The molecule has 26 heavy (non-hydrogen) atoms. The second-order valence-corrected chi connectivity index (χ2v) is 5.66. The molecule has 138 valence electrons. The van der Waals surface area contributed by atoms with Gasteiger partial charge in [-0.2, -0.15) is 0 Å². The van der Waals surface area contributed by atoms with E-state index in [1.165, 1.54) is 6.92 Å². The molecule has 0 aliphatic carbocycles. The van der Waals surface area contributed by atoms with Crippen molar-refractivity contribution in [3.8, 4) is 17.2 Å². The van der Waals surface area contributed by atoms with Gasteiger partial charge in [0.05, 0.1) is 14.2 Å². The Hall–Kier alpha value is -3.02. The molecular formula is C20H22O6. The number of rotatable bonds is 8. The predicted octanol–water partition coefficient (Wildman–Crippen LogP) is 3.34. The van der Waals surface area contributed by atoms with Gasteiger partial charge >= 0.3 is 5.97 Å². The van der Waals surface area contributed by atoms with Gasteiger partial charge in [-0.3, -0.25) is 4.79 Å². The SMILES string of the molecule is COc1cc(C)c(COC(=O)COc2ccc(C(C)=O)cc2)cc1OC. The second kappa shape index (κ2) is 8.89. The third-order valence-corrected chi connectivity index (χ3v) is 3.85. The molecule has 2 aromatic rings. The van der Waals surface area contributed by atoms with Gasteiger partial charge in [-0.25, -0.2) is 4.79 Å². The molecule has 0 N–H and O–H groups in total. The van der Waals surface area contributed by atoms with E-state index in [1.807, 2.05) is 13.0 Å². The third kappa shape index (κ3) is 4.99. The van der Waals surface area contributed by atoms with E-state index in [9.17, 15) is 9.59 Å². The third-order valence-electron chi connectivity index (χ3n) is 3.85. The number of esters is 1. The first kappa shape index (κ1) is 19.3. The number of Topliss-reactive ketones (excluding diaryl/α,β-unsaturated/α-hetero) is 1. The first-order valence-corrected chi connectivity index (χ1v) is 8.05. The minimum atomic E-state index is -0.491. The van der Waals surface area contributed by atoms with Crippen molar-refractivity contribution in [3.05, 3.63) is 53.1 Å². The van der Waals surface area contributed by atoms with Crippen LogP contribution in [0.2, 0.25) is 0 Å². The highest BCUT2D eigenvalue weighted by Crippen LogP contribution is 2.30. The summed E-state index contributed by atoms with van der Waals surface area (Å²) in [6, 6.07) is 10.2. The molecule has 0 bridgehead atoms. The molecule has 2 aromatic carbocycles. The summed E-state index contributed by atoms with van der Waals surface area (Å²) >= 11 is 0. The van der Waals surface area contributed by atoms with Crippen LogP contribution >= 0.6 is 0 Å². The minimum Gasteiger partial charge on any atom is -0.493 e. The molecule has 6 nitrogen and oxygen atoms in total. The van der Waals surface area contributed by atoms with E-state index in [0.29, 0.717) is 22.8 Å². The number of aryl methyl sites for hydroxylation is 1. The van der Waals surface area contributed by atoms with Gasteiger partial charge in [0.1, 0.15) is 12.4 Å². The van der Waals surface area contributed by atoms with Crippen molar-refractivity contribution < 1.29 is 28.5 Å². The van der Waals surface area contributed by atoms with E-state index in [2.05, 4.69) is 0 Å². The molecule has 0 unspecified atom stereocenters. The largest absolute Gasteiger partial charge is 0.493 e. The molecule has 0 aliphatic rings. The summed E-state index contributed by atoms with van der Waals surface area (Å²) in [5.41, 5.74) is 2.34. The van der Waals surface area contributed by atoms with Gasteiger partial charge in [-0.15, -0.1) is 0 Å². The van der Waals surface area contributed by atoms with Crippen molar-refractivity contribution in [2.24, 2.45) is 0 Å². The van der Waals surface area contributed by atoms with Crippen LogP contribution in [0, 0.1) is 6.92 Å². The van der Waals surface area contributed by atoms with Gasteiger partial charge in [-0.05, 0) is 61.4 Å². The quantitative estimate of drug-likeness (QED) is 0.532. The highest BCUT2D eigenvalue weighted by atomic mass is 16.6. The lowest BCUT2D eigenvalue weighted by molar-refractivity contribution is -0.147. The summed E-state index contributed by atoms with van der Waals surface area (Å²) in [7, 11) is 3.12. The van der Waals surface area contributed by atoms with Gasteiger partial charge < -0.3 is 18.9 Å². The van der Waals surface area contributed by atoms with Crippen molar-refractivity contribution >= 4 is 11.8 Å². The van der Waals surface area contributed by atoms with Gasteiger partial charge in [0.15, 0.2) is 23.9 Å². The van der Waals surface area contributed by atoms with Crippen LogP contribution in [0.4, 0.5) is 0 Å². The summed E-state index contributed by atoms with van der Waals surface area (Å²) < 4.78 is 21.1. The van der Waals surface area contributed by atoms with E-state index < -0.39 is 5.97 Å². The van der Waals surface area contributed by atoms with E-state index in [0.717, 1.165) is 11.1 Å². The Bertz CT molecular complexity index is 780. The van der Waals surface area contributed by atoms with Gasteiger partial charge in [-0.1, -0.05) is 0 Å². The highest BCUT2D eigenvalue weighted by molar-refractivity contribution is 5.94. The topological polar surface area (TPSA) is 71.1 Å². The molecule has 0 aliphatic heterocycles. The lowest BCUT2D eigenvalue weighted by atomic mass is 10.1. The molecule has 6 heteroatoms. The maximum absolute atomic E-state index is 11.9. The minimum absolute atomic E-state index is 0.0266. The molecule has 0 spiro atoms. The maximum atomic E-state index is 11.9. The van der Waals surface area contributed by atoms with Crippen LogP contribution in [0.25, 0.3) is 0 Å². The normalized spacial score (nSPS) is 10.2. The number of carbonyl (C=O) groups excluding carboxylic acids is 2. The average Bonchev–Trinajstić information content (AvgIpc) is 2.65. The Labute approximate surface area is 152 Å². The zero-order valence-electron chi connectivity index (χ0n) is 15.3. The number of carbonyl (C=O) groups is 2. The molecule has 0 saturated carbocycles. The second-order valence-electron chi connectivity index (χ2n) is 5.66. The number of methoxy groups -OCH3 is 2. The first-order valence-electron chi connectivity index (χ1n) is 8.05. The number of ether oxygens (including phenoxy) is 4. The monoisotopic (exact) mass is 358 g/mol. The highest BCUT2D eigenvalue weighted by Gasteiger charge is 2.11. The molecule has 0 fully saturated rings. The van der Waals surface area contributed by atoms with Crippen LogP contribution in [0.1, 0.15) is 28.4 Å².